The Labute approximate surface area is 89.0 Å². The molecular formula is C9H15NO4S. The molecule has 1 heterocycles. The van der Waals surface area contributed by atoms with E-state index >= 15 is 0 Å². The maximum atomic E-state index is 10.8. The Morgan fingerprint density at radius 3 is 2.87 bits per heavy atom. The average molecular weight is 233 g/mol. The summed E-state index contributed by atoms with van der Waals surface area (Å²) in [5.41, 5.74) is 0. The summed E-state index contributed by atoms with van der Waals surface area (Å²) in [5, 5.41) is 12.4. The van der Waals surface area contributed by atoms with E-state index in [1.807, 2.05) is 0 Å². The van der Waals surface area contributed by atoms with Crippen molar-refractivity contribution < 1.29 is 17.9 Å². The van der Waals surface area contributed by atoms with Crippen LogP contribution in [0.3, 0.4) is 0 Å². The third-order valence-electron chi connectivity index (χ3n) is 1.86. The molecule has 0 fully saturated rings. The summed E-state index contributed by atoms with van der Waals surface area (Å²) in [6.45, 7) is 0.611. The minimum absolute atomic E-state index is 0.0673. The van der Waals surface area contributed by atoms with Crippen molar-refractivity contribution in [2.75, 3.05) is 25.1 Å². The zero-order valence-corrected chi connectivity index (χ0v) is 9.33. The molecule has 0 amide bonds. The van der Waals surface area contributed by atoms with Gasteiger partial charge in [-0.05, 0) is 12.1 Å². The molecule has 0 bridgehead atoms. The van der Waals surface area contributed by atoms with Crippen LogP contribution in [0, 0.1) is 0 Å². The first-order chi connectivity index (χ1) is 6.99. The van der Waals surface area contributed by atoms with Gasteiger partial charge in [-0.3, -0.25) is 0 Å². The first-order valence-corrected chi connectivity index (χ1v) is 6.65. The Kier molecular flexibility index (Phi) is 4.31. The van der Waals surface area contributed by atoms with Gasteiger partial charge >= 0.3 is 0 Å². The van der Waals surface area contributed by atoms with E-state index in [9.17, 15) is 13.5 Å². The van der Waals surface area contributed by atoms with Gasteiger partial charge in [-0.15, -0.1) is 0 Å². The first-order valence-electron chi connectivity index (χ1n) is 4.59. The van der Waals surface area contributed by atoms with Crippen molar-refractivity contribution in [3.8, 4) is 0 Å². The SMILES string of the molecule is CS(=O)(=O)CCNCC(O)c1ccco1. The molecule has 0 saturated heterocycles. The molecular weight excluding hydrogens is 218 g/mol. The second kappa shape index (κ2) is 5.29. The molecule has 1 aromatic rings. The lowest BCUT2D eigenvalue weighted by atomic mass is 10.3. The van der Waals surface area contributed by atoms with Crippen LogP contribution in [0.5, 0.6) is 0 Å². The minimum atomic E-state index is -2.94. The normalized spacial score (nSPS) is 14.0. The Morgan fingerprint density at radius 1 is 1.60 bits per heavy atom. The summed E-state index contributed by atoms with van der Waals surface area (Å²) in [7, 11) is -2.94. The summed E-state index contributed by atoms with van der Waals surface area (Å²) in [6, 6.07) is 3.36. The maximum Gasteiger partial charge on any atom is 0.148 e. The molecule has 0 saturated carbocycles. The predicted molar refractivity (Wildman–Crippen MR) is 56.2 cm³/mol. The van der Waals surface area contributed by atoms with Crippen molar-refractivity contribution in [1.82, 2.24) is 5.32 Å². The van der Waals surface area contributed by atoms with Crippen molar-refractivity contribution in [2.24, 2.45) is 0 Å². The van der Waals surface area contributed by atoms with Crippen LogP contribution < -0.4 is 5.32 Å². The quantitative estimate of drug-likeness (QED) is 0.673. The van der Waals surface area contributed by atoms with Crippen LogP contribution in [-0.4, -0.2) is 38.6 Å². The topological polar surface area (TPSA) is 79.5 Å². The molecule has 0 aromatic carbocycles. The smallest absolute Gasteiger partial charge is 0.148 e. The van der Waals surface area contributed by atoms with Gasteiger partial charge in [0.1, 0.15) is 21.7 Å². The van der Waals surface area contributed by atoms with Crippen LogP contribution in [0.2, 0.25) is 0 Å². The molecule has 2 N–H and O–H groups in total. The van der Waals surface area contributed by atoms with Crippen molar-refractivity contribution in [3.63, 3.8) is 0 Å². The monoisotopic (exact) mass is 233 g/mol. The van der Waals surface area contributed by atoms with Crippen molar-refractivity contribution in [1.29, 1.82) is 0 Å². The fourth-order valence-electron chi connectivity index (χ4n) is 1.08. The predicted octanol–water partition coefficient (Wildman–Crippen LogP) is -0.0528. The third-order valence-corrected chi connectivity index (χ3v) is 2.80. The molecule has 1 atom stereocenters. The second-order valence-corrected chi connectivity index (χ2v) is 5.62. The number of aliphatic hydroxyl groups is 1. The van der Waals surface area contributed by atoms with Gasteiger partial charge < -0.3 is 14.8 Å². The number of aliphatic hydroxyl groups excluding tert-OH is 1. The summed E-state index contributed by atoms with van der Waals surface area (Å²) in [5.74, 6) is 0.541. The molecule has 6 heteroatoms. The molecule has 5 nitrogen and oxygen atoms in total. The van der Waals surface area contributed by atoms with Crippen molar-refractivity contribution >= 4 is 9.84 Å². The van der Waals surface area contributed by atoms with Crippen LogP contribution in [0.4, 0.5) is 0 Å². The highest BCUT2D eigenvalue weighted by molar-refractivity contribution is 7.90. The van der Waals surface area contributed by atoms with Crippen molar-refractivity contribution in [2.45, 2.75) is 6.10 Å². The Bertz CT molecular complexity index is 371. The number of hydrogen-bond acceptors (Lipinski definition) is 5. The van der Waals surface area contributed by atoms with Gasteiger partial charge in [0, 0.05) is 19.3 Å². The zero-order valence-electron chi connectivity index (χ0n) is 8.51. The van der Waals surface area contributed by atoms with Gasteiger partial charge in [-0.25, -0.2) is 8.42 Å². The van der Waals surface area contributed by atoms with Crippen molar-refractivity contribution in [3.05, 3.63) is 24.2 Å². The van der Waals surface area contributed by atoms with E-state index in [0.717, 1.165) is 0 Å². The summed E-state index contributed by atoms with van der Waals surface area (Å²) >= 11 is 0. The van der Waals surface area contributed by atoms with Gasteiger partial charge in [-0.2, -0.15) is 0 Å². The molecule has 0 aliphatic heterocycles. The van der Waals surface area contributed by atoms with Gasteiger partial charge in [0.25, 0.3) is 0 Å². The summed E-state index contributed by atoms with van der Waals surface area (Å²) in [4.78, 5) is 0. The number of rotatable bonds is 6. The van der Waals surface area contributed by atoms with Gasteiger partial charge in [0.05, 0.1) is 12.0 Å². The van der Waals surface area contributed by atoms with E-state index in [-0.39, 0.29) is 12.3 Å². The van der Waals surface area contributed by atoms with Crippen LogP contribution in [0.15, 0.2) is 22.8 Å². The van der Waals surface area contributed by atoms with E-state index in [1.165, 1.54) is 12.5 Å². The average Bonchev–Trinajstić information content (AvgIpc) is 2.63. The van der Waals surface area contributed by atoms with Crippen LogP contribution in [-0.2, 0) is 9.84 Å². The number of furan rings is 1. The molecule has 15 heavy (non-hydrogen) atoms. The molecule has 1 rings (SSSR count). The van der Waals surface area contributed by atoms with Gasteiger partial charge in [0.2, 0.25) is 0 Å². The Morgan fingerprint density at radius 2 is 2.33 bits per heavy atom. The lowest BCUT2D eigenvalue weighted by Crippen LogP contribution is -2.26. The minimum Gasteiger partial charge on any atom is -0.467 e. The molecule has 0 spiro atoms. The molecule has 1 unspecified atom stereocenters. The molecule has 0 radical (unpaired) electrons. The lowest BCUT2D eigenvalue weighted by Gasteiger charge is -2.08. The molecule has 86 valence electrons. The van der Waals surface area contributed by atoms with E-state index in [4.69, 9.17) is 4.42 Å². The highest BCUT2D eigenvalue weighted by Gasteiger charge is 2.09. The van der Waals surface area contributed by atoms with E-state index in [2.05, 4.69) is 5.32 Å². The van der Waals surface area contributed by atoms with Gasteiger partial charge in [0.15, 0.2) is 0 Å². The maximum absolute atomic E-state index is 10.8. The van der Waals surface area contributed by atoms with Crippen LogP contribution in [0.25, 0.3) is 0 Å². The van der Waals surface area contributed by atoms with Crippen LogP contribution >= 0.6 is 0 Å². The molecule has 0 aliphatic carbocycles. The van der Waals surface area contributed by atoms with E-state index in [1.54, 1.807) is 12.1 Å². The highest BCUT2D eigenvalue weighted by Crippen LogP contribution is 2.11. The first kappa shape index (κ1) is 12.2. The number of nitrogens with one attached hydrogen (secondary N) is 1. The molecule has 1 aromatic heterocycles. The Hall–Kier alpha value is -0.850. The number of hydrogen-bond donors (Lipinski definition) is 2. The lowest BCUT2D eigenvalue weighted by molar-refractivity contribution is 0.148. The third kappa shape index (κ3) is 4.96. The summed E-state index contributed by atoms with van der Waals surface area (Å²) < 4.78 is 26.6. The van der Waals surface area contributed by atoms with Crippen LogP contribution in [0.1, 0.15) is 11.9 Å². The zero-order chi connectivity index (χ0) is 11.3. The summed E-state index contributed by atoms with van der Waals surface area (Å²) in [6.07, 6.45) is 1.92. The fourth-order valence-corrected chi connectivity index (χ4v) is 1.59. The number of sulfone groups is 1. The van der Waals surface area contributed by atoms with E-state index < -0.39 is 15.9 Å². The Balaban J connectivity index is 2.21. The molecule has 0 aliphatic rings. The standard InChI is InChI=1S/C9H15NO4S/c1-15(12,13)6-4-10-7-8(11)9-3-2-5-14-9/h2-3,5,8,10-11H,4,6-7H2,1H3. The van der Waals surface area contributed by atoms with E-state index in [0.29, 0.717) is 12.3 Å². The highest BCUT2D eigenvalue weighted by atomic mass is 32.2. The second-order valence-electron chi connectivity index (χ2n) is 3.37. The van der Waals surface area contributed by atoms with Gasteiger partial charge in [-0.1, -0.05) is 0 Å². The largest absolute Gasteiger partial charge is 0.467 e. The fraction of sp³-hybridized carbons (Fsp3) is 0.556.